The quantitative estimate of drug-likeness (QED) is 0.347. The molecule has 0 saturated heterocycles. The Hall–Kier alpha value is -3.09. The van der Waals surface area contributed by atoms with Gasteiger partial charge in [-0.2, -0.15) is 0 Å². The van der Waals surface area contributed by atoms with Crippen molar-refractivity contribution in [1.82, 2.24) is 4.90 Å². The molecule has 0 N–H and O–H groups in total. The molecule has 0 amide bonds. The molecule has 1 aromatic heterocycles. The molecule has 1 unspecified atom stereocenters. The van der Waals surface area contributed by atoms with E-state index in [1.54, 1.807) is 12.1 Å². The van der Waals surface area contributed by atoms with Crippen LogP contribution in [0.3, 0.4) is 0 Å². The Balaban J connectivity index is 1.50. The van der Waals surface area contributed by atoms with E-state index in [1.807, 2.05) is 42.5 Å². The molecule has 156 valence electrons. The van der Waals surface area contributed by atoms with Gasteiger partial charge in [0.15, 0.2) is 0 Å². The molecule has 0 radical (unpaired) electrons. The molecule has 1 atom stereocenters. The van der Waals surface area contributed by atoms with Crippen molar-refractivity contribution in [2.75, 3.05) is 6.73 Å². The van der Waals surface area contributed by atoms with Crippen molar-refractivity contribution in [2.24, 2.45) is 0 Å². The fourth-order valence-electron chi connectivity index (χ4n) is 3.82. The second kappa shape index (κ2) is 8.21. The lowest BCUT2D eigenvalue weighted by molar-refractivity contribution is 0.0620. The van der Waals surface area contributed by atoms with Crippen LogP contribution in [-0.2, 0) is 6.54 Å². The lowest BCUT2D eigenvalue weighted by atomic mass is 10.0. The summed E-state index contributed by atoms with van der Waals surface area (Å²) in [6.07, 6.45) is 1.38. The van der Waals surface area contributed by atoms with Gasteiger partial charge in [0.25, 0.3) is 0 Å². The van der Waals surface area contributed by atoms with E-state index in [4.69, 9.17) is 13.9 Å². The van der Waals surface area contributed by atoms with Gasteiger partial charge in [0.2, 0.25) is 11.2 Å². The highest BCUT2D eigenvalue weighted by molar-refractivity contribution is 9.10. The first kappa shape index (κ1) is 19.8. The number of fused-ring (bicyclic) bond motifs is 3. The highest BCUT2D eigenvalue weighted by atomic mass is 79.9. The third-order valence-electron chi connectivity index (χ3n) is 5.60. The first-order chi connectivity index (χ1) is 15.1. The number of rotatable bonds is 4. The predicted molar refractivity (Wildman–Crippen MR) is 123 cm³/mol. The first-order valence-corrected chi connectivity index (χ1v) is 10.8. The predicted octanol–water partition coefficient (Wildman–Crippen LogP) is 6.26. The fraction of sp³-hybridized carbons (Fsp3) is 0.160. The van der Waals surface area contributed by atoms with Gasteiger partial charge < -0.3 is 13.9 Å². The van der Waals surface area contributed by atoms with E-state index in [2.05, 4.69) is 39.9 Å². The van der Waals surface area contributed by atoms with Crippen LogP contribution in [0.25, 0.3) is 11.0 Å². The van der Waals surface area contributed by atoms with E-state index < -0.39 is 0 Å². The number of ether oxygens (including phenoxy) is 2. The van der Waals surface area contributed by atoms with E-state index in [0.717, 1.165) is 15.8 Å². The van der Waals surface area contributed by atoms with Gasteiger partial charge in [-0.3, -0.25) is 9.69 Å². The molecule has 2 heterocycles. The third-order valence-corrected chi connectivity index (χ3v) is 6.26. The lowest BCUT2D eigenvalue weighted by Gasteiger charge is -2.33. The summed E-state index contributed by atoms with van der Waals surface area (Å²) in [5, 5.41) is 0.473. The normalized spacial score (nSPS) is 14.6. The molecular formula is C25H20BrNO4. The molecular weight excluding hydrogens is 458 g/mol. The number of hydrogen-bond acceptors (Lipinski definition) is 5. The van der Waals surface area contributed by atoms with Crippen molar-refractivity contribution >= 4 is 26.9 Å². The zero-order valence-corrected chi connectivity index (χ0v) is 18.5. The smallest absolute Gasteiger partial charge is 0.235 e. The number of nitrogens with zero attached hydrogens (tertiary/aromatic N) is 1. The van der Waals surface area contributed by atoms with Crippen LogP contribution in [0.15, 0.2) is 86.7 Å². The second-order valence-electron chi connectivity index (χ2n) is 7.49. The van der Waals surface area contributed by atoms with Crippen molar-refractivity contribution in [3.8, 4) is 17.2 Å². The third kappa shape index (κ3) is 3.73. The van der Waals surface area contributed by atoms with Crippen LogP contribution in [0.4, 0.5) is 0 Å². The molecule has 5 nitrogen and oxygen atoms in total. The highest BCUT2D eigenvalue weighted by Crippen LogP contribution is 2.36. The minimum absolute atomic E-state index is 0.144. The number of benzene rings is 3. The molecule has 0 aliphatic carbocycles. The zero-order valence-electron chi connectivity index (χ0n) is 16.9. The summed E-state index contributed by atoms with van der Waals surface area (Å²) < 4.78 is 18.5. The molecule has 31 heavy (non-hydrogen) atoms. The van der Waals surface area contributed by atoms with E-state index in [1.165, 1.54) is 11.8 Å². The van der Waals surface area contributed by atoms with E-state index in [9.17, 15) is 4.79 Å². The summed E-state index contributed by atoms with van der Waals surface area (Å²) in [6.45, 7) is 3.24. The van der Waals surface area contributed by atoms with Gasteiger partial charge in [0, 0.05) is 12.6 Å². The Morgan fingerprint density at radius 2 is 1.77 bits per heavy atom. The van der Waals surface area contributed by atoms with Crippen LogP contribution in [0, 0.1) is 0 Å². The molecule has 0 fully saturated rings. The Morgan fingerprint density at radius 1 is 1.00 bits per heavy atom. The Kier molecular flexibility index (Phi) is 5.26. The largest absolute Gasteiger partial charge is 0.478 e. The monoisotopic (exact) mass is 477 g/mol. The number of halogens is 1. The molecule has 5 rings (SSSR count). The molecule has 0 bridgehead atoms. The fourth-order valence-corrected chi connectivity index (χ4v) is 4.18. The standard InChI is InChI=1S/C25H20BrNO4/c1-16(17-7-3-2-4-8-17)27-13-19-21(30-15-27)12-11-18-24(28)23(14-29-25(18)19)31-22-10-6-5-9-20(22)26/h2-12,14,16H,13,15H2,1H3. The summed E-state index contributed by atoms with van der Waals surface area (Å²) in [5.74, 6) is 1.44. The zero-order chi connectivity index (χ0) is 21.4. The summed E-state index contributed by atoms with van der Waals surface area (Å²) in [6, 6.07) is 21.4. The van der Waals surface area contributed by atoms with Crippen LogP contribution in [-0.4, -0.2) is 11.6 Å². The summed E-state index contributed by atoms with van der Waals surface area (Å²) in [7, 11) is 0. The Morgan fingerprint density at radius 3 is 2.58 bits per heavy atom. The minimum Gasteiger partial charge on any atom is -0.478 e. The SMILES string of the molecule is CC(c1ccccc1)N1COc2ccc3c(=O)c(Oc4ccccc4Br)coc3c2C1. The van der Waals surface area contributed by atoms with Crippen LogP contribution in [0.2, 0.25) is 0 Å². The summed E-state index contributed by atoms with van der Waals surface area (Å²) in [4.78, 5) is 15.3. The van der Waals surface area contributed by atoms with E-state index >= 15 is 0 Å². The van der Waals surface area contributed by atoms with Gasteiger partial charge in [0.05, 0.1) is 15.4 Å². The van der Waals surface area contributed by atoms with Crippen LogP contribution in [0.1, 0.15) is 24.1 Å². The van der Waals surface area contributed by atoms with Gasteiger partial charge >= 0.3 is 0 Å². The van der Waals surface area contributed by atoms with Crippen molar-refractivity contribution in [3.63, 3.8) is 0 Å². The topological polar surface area (TPSA) is 51.9 Å². The number of para-hydroxylation sites is 1. The van der Waals surface area contributed by atoms with Crippen LogP contribution >= 0.6 is 15.9 Å². The van der Waals surface area contributed by atoms with E-state index in [0.29, 0.717) is 30.0 Å². The van der Waals surface area contributed by atoms with Gasteiger partial charge in [-0.05, 0) is 52.7 Å². The van der Waals surface area contributed by atoms with Crippen molar-refractivity contribution in [3.05, 3.63) is 98.8 Å². The van der Waals surface area contributed by atoms with Gasteiger partial charge in [-0.15, -0.1) is 0 Å². The number of hydrogen-bond donors (Lipinski definition) is 0. The molecule has 6 heteroatoms. The maximum absolute atomic E-state index is 13.1. The van der Waals surface area contributed by atoms with E-state index in [-0.39, 0.29) is 17.2 Å². The molecule has 1 aliphatic heterocycles. The average molecular weight is 478 g/mol. The maximum atomic E-state index is 13.1. The van der Waals surface area contributed by atoms with Gasteiger partial charge in [0.1, 0.15) is 30.1 Å². The Bertz CT molecular complexity index is 1300. The molecule has 0 spiro atoms. The van der Waals surface area contributed by atoms with Crippen LogP contribution in [0.5, 0.6) is 17.2 Å². The molecule has 3 aromatic carbocycles. The highest BCUT2D eigenvalue weighted by Gasteiger charge is 2.26. The summed E-state index contributed by atoms with van der Waals surface area (Å²) in [5.41, 5.74) is 2.40. The summed E-state index contributed by atoms with van der Waals surface area (Å²) >= 11 is 3.44. The molecule has 4 aromatic rings. The second-order valence-corrected chi connectivity index (χ2v) is 8.34. The van der Waals surface area contributed by atoms with Crippen molar-refractivity contribution < 1.29 is 13.9 Å². The lowest BCUT2D eigenvalue weighted by Crippen LogP contribution is -2.34. The Labute approximate surface area is 188 Å². The van der Waals surface area contributed by atoms with Gasteiger partial charge in [-0.25, -0.2) is 0 Å². The first-order valence-electron chi connectivity index (χ1n) is 10.0. The molecule has 1 aliphatic rings. The molecule has 0 saturated carbocycles. The van der Waals surface area contributed by atoms with Crippen molar-refractivity contribution in [1.29, 1.82) is 0 Å². The van der Waals surface area contributed by atoms with Gasteiger partial charge in [-0.1, -0.05) is 42.5 Å². The maximum Gasteiger partial charge on any atom is 0.235 e. The van der Waals surface area contributed by atoms with Crippen molar-refractivity contribution in [2.45, 2.75) is 19.5 Å². The minimum atomic E-state index is -0.215. The average Bonchev–Trinajstić information content (AvgIpc) is 2.81. The van der Waals surface area contributed by atoms with Crippen LogP contribution < -0.4 is 14.9 Å².